The molecule has 0 saturated carbocycles. The molecule has 0 N–H and O–H groups in total. The third-order valence-corrected chi connectivity index (χ3v) is 3.45. The van der Waals surface area contributed by atoms with Crippen molar-refractivity contribution in [1.29, 1.82) is 0 Å². The van der Waals surface area contributed by atoms with Crippen LogP contribution in [-0.4, -0.2) is 14.9 Å². The summed E-state index contributed by atoms with van der Waals surface area (Å²) in [5, 5.41) is 0. The number of benzene rings is 1. The van der Waals surface area contributed by atoms with E-state index in [2.05, 4.69) is 15.9 Å². The summed E-state index contributed by atoms with van der Waals surface area (Å²) in [6.45, 7) is 1.86. The number of hydrogen-bond acceptors (Lipinski definition) is 3. The molecule has 6 heteroatoms. The molecule has 20 heavy (non-hydrogen) atoms. The molecule has 1 heterocycles. The van der Waals surface area contributed by atoms with Crippen LogP contribution in [0.15, 0.2) is 38.5 Å². The van der Waals surface area contributed by atoms with E-state index in [-0.39, 0.29) is 5.56 Å². The Morgan fingerprint density at radius 3 is 2.40 bits per heavy atom. The molecule has 0 aliphatic carbocycles. The number of carbonyl (C=O) groups excluding carboxylic acids is 1. The zero-order valence-electron chi connectivity index (χ0n) is 11.3. The van der Waals surface area contributed by atoms with Crippen molar-refractivity contribution in [3.63, 3.8) is 0 Å². The van der Waals surface area contributed by atoms with E-state index in [1.54, 1.807) is 12.1 Å². The maximum atomic E-state index is 12.4. The van der Waals surface area contributed by atoms with Crippen LogP contribution in [0.3, 0.4) is 0 Å². The van der Waals surface area contributed by atoms with Crippen molar-refractivity contribution >= 4 is 21.7 Å². The summed E-state index contributed by atoms with van der Waals surface area (Å²) in [5.41, 5.74) is 0.247. The minimum absolute atomic E-state index is 0.0212. The molecule has 5 nitrogen and oxygen atoms in total. The van der Waals surface area contributed by atoms with Gasteiger partial charge in [-0.25, -0.2) is 4.79 Å². The Balaban J connectivity index is 2.66. The SMILES string of the molecule is Cc1cc(Br)cc(C(=O)c2cn(C)c(=O)n(C)c2=O)c1. The third kappa shape index (κ3) is 2.51. The van der Waals surface area contributed by atoms with Crippen LogP contribution in [0.5, 0.6) is 0 Å². The highest BCUT2D eigenvalue weighted by Gasteiger charge is 2.17. The van der Waals surface area contributed by atoms with E-state index in [1.165, 1.54) is 24.9 Å². The van der Waals surface area contributed by atoms with Crippen molar-refractivity contribution in [3.05, 3.63) is 66.4 Å². The smallest absolute Gasteiger partial charge is 0.303 e. The highest BCUT2D eigenvalue weighted by molar-refractivity contribution is 9.10. The Morgan fingerprint density at radius 1 is 1.15 bits per heavy atom. The van der Waals surface area contributed by atoms with Crippen LogP contribution < -0.4 is 11.2 Å². The van der Waals surface area contributed by atoms with Gasteiger partial charge in [0.15, 0.2) is 5.78 Å². The van der Waals surface area contributed by atoms with Gasteiger partial charge in [0, 0.05) is 30.3 Å². The Hall–Kier alpha value is -1.95. The summed E-state index contributed by atoms with van der Waals surface area (Å²) in [7, 11) is 2.86. The first-order chi connectivity index (χ1) is 9.31. The zero-order valence-corrected chi connectivity index (χ0v) is 12.9. The van der Waals surface area contributed by atoms with Crippen LogP contribution in [0.1, 0.15) is 21.5 Å². The van der Waals surface area contributed by atoms with Gasteiger partial charge in [-0.1, -0.05) is 15.9 Å². The van der Waals surface area contributed by atoms with E-state index >= 15 is 0 Å². The summed E-state index contributed by atoms with van der Waals surface area (Å²) in [6.07, 6.45) is 1.28. The highest BCUT2D eigenvalue weighted by Crippen LogP contribution is 2.17. The molecule has 1 aromatic heterocycles. The molecule has 0 atom stereocenters. The van der Waals surface area contributed by atoms with Crippen molar-refractivity contribution in [2.75, 3.05) is 0 Å². The molecule has 0 spiro atoms. The van der Waals surface area contributed by atoms with Gasteiger partial charge in [0.05, 0.1) is 0 Å². The fourth-order valence-corrected chi connectivity index (χ4v) is 2.59. The lowest BCUT2D eigenvalue weighted by Gasteiger charge is -2.07. The topological polar surface area (TPSA) is 61.1 Å². The van der Waals surface area contributed by atoms with Gasteiger partial charge in [-0.2, -0.15) is 0 Å². The molecule has 2 aromatic rings. The summed E-state index contributed by atoms with van der Waals surface area (Å²) < 4.78 is 2.92. The lowest BCUT2D eigenvalue weighted by molar-refractivity contribution is 0.103. The average Bonchev–Trinajstić information content (AvgIpc) is 2.38. The molecule has 2 rings (SSSR count). The van der Waals surface area contributed by atoms with Crippen LogP contribution >= 0.6 is 15.9 Å². The number of nitrogens with zero attached hydrogens (tertiary/aromatic N) is 2. The molecule has 1 aromatic carbocycles. The van der Waals surface area contributed by atoms with Gasteiger partial charge in [0.2, 0.25) is 0 Å². The van der Waals surface area contributed by atoms with E-state index in [9.17, 15) is 14.4 Å². The normalized spacial score (nSPS) is 10.6. The molecule has 0 unspecified atom stereocenters. The quantitative estimate of drug-likeness (QED) is 0.778. The second-order valence-corrected chi connectivity index (χ2v) is 5.56. The summed E-state index contributed by atoms with van der Waals surface area (Å²) in [6, 6.07) is 5.23. The second kappa shape index (κ2) is 5.20. The third-order valence-electron chi connectivity index (χ3n) is 3.00. The van der Waals surface area contributed by atoms with Gasteiger partial charge < -0.3 is 4.57 Å². The van der Waals surface area contributed by atoms with Crippen molar-refractivity contribution in [2.24, 2.45) is 14.1 Å². The first-order valence-electron chi connectivity index (χ1n) is 5.90. The predicted octanol–water partition coefficient (Wildman–Crippen LogP) is 1.39. The van der Waals surface area contributed by atoms with Gasteiger partial charge in [0.25, 0.3) is 5.56 Å². The van der Waals surface area contributed by atoms with Crippen LogP contribution in [0.2, 0.25) is 0 Å². The van der Waals surface area contributed by atoms with E-state index in [0.29, 0.717) is 5.56 Å². The van der Waals surface area contributed by atoms with Gasteiger partial charge in [-0.3, -0.25) is 14.2 Å². The molecule has 0 aliphatic rings. The van der Waals surface area contributed by atoms with Crippen molar-refractivity contribution in [2.45, 2.75) is 6.92 Å². The van der Waals surface area contributed by atoms with Gasteiger partial charge in [-0.15, -0.1) is 0 Å². The van der Waals surface area contributed by atoms with E-state index in [4.69, 9.17) is 0 Å². The molecule has 0 amide bonds. The highest BCUT2D eigenvalue weighted by atomic mass is 79.9. The number of carbonyl (C=O) groups is 1. The number of aromatic nitrogens is 2. The number of aryl methyl sites for hydroxylation is 2. The fourth-order valence-electron chi connectivity index (χ4n) is 1.99. The van der Waals surface area contributed by atoms with Gasteiger partial charge >= 0.3 is 5.69 Å². The molecule has 0 bridgehead atoms. The number of ketones is 1. The fraction of sp³-hybridized carbons (Fsp3) is 0.214. The van der Waals surface area contributed by atoms with Crippen LogP contribution in [0.25, 0.3) is 0 Å². The van der Waals surface area contributed by atoms with Crippen molar-refractivity contribution in [3.8, 4) is 0 Å². The van der Waals surface area contributed by atoms with Crippen LogP contribution in [0.4, 0.5) is 0 Å². The minimum atomic E-state index is -0.587. The molecular weight excluding hydrogens is 324 g/mol. The molecule has 0 aliphatic heterocycles. The van der Waals surface area contributed by atoms with Crippen LogP contribution in [0, 0.1) is 6.92 Å². The largest absolute Gasteiger partial charge is 0.330 e. The standard InChI is InChI=1S/C14H13BrN2O3/c1-8-4-9(6-10(15)5-8)12(18)11-7-16(2)14(20)17(3)13(11)19/h4-7H,1-3H3. The Morgan fingerprint density at radius 2 is 1.80 bits per heavy atom. The summed E-state index contributed by atoms with van der Waals surface area (Å²) in [4.78, 5) is 36.1. The zero-order chi connectivity index (χ0) is 15.0. The van der Waals surface area contributed by atoms with Crippen molar-refractivity contribution < 1.29 is 4.79 Å². The lowest BCUT2D eigenvalue weighted by Crippen LogP contribution is -2.39. The van der Waals surface area contributed by atoms with Crippen molar-refractivity contribution in [1.82, 2.24) is 9.13 Å². The van der Waals surface area contributed by atoms with E-state index < -0.39 is 17.0 Å². The summed E-state index contributed by atoms with van der Waals surface area (Å²) >= 11 is 3.32. The maximum Gasteiger partial charge on any atom is 0.330 e. The average molecular weight is 337 g/mol. The predicted molar refractivity (Wildman–Crippen MR) is 79.2 cm³/mol. The minimum Gasteiger partial charge on any atom is -0.303 e. The van der Waals surface area contributed by atoms with E-state index in [1.807, 2.05) is 13.0 Å². The molecule has 0 saturated heterocycles. The van der Waals surface area contributed by atoms with E-state index in [0.717, 1.165) is 14.6 Å². The number of halogens is 1. The number of rotatable bonds is 2. The Labute approximate surface area is 123 Å². The molecule has 0 fully saturated rings. The number of hydrogen-bond donors (Lipinski definition) is 0. The molecule has 104 valence electrons. The van der Waals surface area contributed by atoms with Gasteiger partial charge in [-0.05, 0) is 30.7 Å². The second-order valence-electron chi connectivity index (χ2n) is 4.65. The molecular formula is C14H13BrN2O3. The Bertz CT molecular complexity index is 798. The molecule has 0 radical (unpaired) electrons. The first-order valence-corrected chi connectivity index (χ1v) is 6.69. The Kier molecular flexibility index (Phi) is 3.76. The monoisotopic (exact) mass is 336 g/mol. The first kappa shape index (κ1) is 14.5. The van der Waals surface area contributed by atoms with Crippen LogP contribution in [-0.2, 0) is 14.1 Å². The lowest BCUT2D eigenvalue weighted by atomic mass is 10.0. The summed E-state index contributed by atoms with van der Waals surface area (Å²) in [5.74, 6) is -0.398. The maximum absolute atomic E-state index is 12.4. The van der Waals surface area contributed by atoms with Gasteiger partial charge in [0.1, 0.15) is 5.56 Å².